The van der Waals surface area contributed by atoms with Crippen molar-refractivity contribution in [3.8, 4) is 5.75 Å². The zero-order chi connectivity index (χ0) is 19.4. The molecule has 1 atom stereocenters. The molecule has 3 aromatic rings. The summed E-state index contributed by atoms with van der Waals surface area (Å²) in [5.41, 5.74) is 2.15. The van der Waals surface area contributed by atoms with E-state index in [9.17, 15) is 13.6 Å². The molecule has 1 aromatic heterocycles. The number of pyridine rings is 1. The summed E-state index contributed by atoms with van der Waals surface area (Å²) >= 11 is 1.31. The summed E-state index contributed by atoms with van der Waals surface area (Å²) in [6.07, 6.45) is 0. The minimum atomic E-state index is -2.96. The molecule has 0 saturated carbocycles. The van der Waals surface area contributed by atoms with Gasteiger partial charge in [-0.3, -0.25) is 4.79 Å². The zero-order valence-electron chi connectivity index (χ0n) is 14.8. The van der Waals surface area contributed by atoms with Gasteiger partial charge >= 0.3 is 6.61 Å². The number of carbonyl (C=O) groups excluding carboxylic acids is 1. The van der Waals surface area contributed by atoms with Crippen molar-refractivity contribution in [1.29, 1.82) is 0 Å². The second-order valence-electron chi connectivity index (χ2n) is 5.92. The van der Waals surface area contributed by atoms with Gasteiger partial charge in [0.1, 0.15) is 5.75 Å². The van der Waals surface area contributed by atoms with E-state index in [1.807, 2.05) is 37.3 Å². The molecule has 0 spiro atoms. The Hall–Kier alpha value is -2.67. The number of para-hydroxylation sites is 3. The van der Waals surface area contributed by atoms with E-state index in [1.165, 1.54) is 23.9 Å². The third kappa shape index (κ3) is 4.74. The maximum absolute atomic E-state index is 12.5. The molecule has 2 aromatic carbocycles. The Morgan fingerprint density at radius 3 is 2.63 bits per heavy atom. The van der Waals surface area contributed by atoms with Gasteiger partial charge in [-0.05, 0) is 43.7 Å². The first-order valence-corrected chi connectivity index (χ1v) is 9.20. The lowest BCUT2D eigenvalue weighted by molar-refractivity contribution is -0.115. The van der Waals surface area contributed by atoms with Gasteiger partial charge in [-0.1, -0.05) is 42.1 Å². The van der Waals surface area contributed by atoms with Crippen LogP contribution in [0.2, 0.25) is 0 Å². The largest absolute Gasteiger partial charge is 0.433 e. The molecule has 0 fully saturated rings. The molecule has 0 aliphatic rings. The maximum Gasteiger partial charge on any atom is 0.387 e. The monoisotopic (exact) mass is 388 g/mol. The van der Waals surface area contributed by atoms with Crippen LogP contribution in [0.4, 0.5) is 14.5 Å². The number of alkyl halides is 2. The predicted molar refractivity (Wildman–Crippen MR) is 104 cm³/mol. The number of nitrogens with zero attached hydrogens (tertiary/aromatic N) is 1. The third-order valence-electron chi connectivity index (χ3n) is 3.93. The fourth-order valence-electron chi connectivity index (χ4n) is 2.62. The Kier molecular flexibility index (Phi) is 5.91. The number of thioether (sulfide) groups is 1. The highest BCUT2D eigenvalue weighted by Gasteiger charge is 2.18. The maximum atomic E-state index is 12.5. The van der Waals surface area contributed by atoms with Crippen molar-refractivity contribution in [1.82, 2.24) is 4.98 Å². The van der Waals surface area contributed by atoms with Crippen molar-refractivity contribution in [2.24, 2.45) is 0 Å². The number of amides is 1. The van der Waals surface area contributed by atoms with Gasteiger partial charge < -0.3 is 10.1 Å². The van der Waals surface area contributed by atoms with E-state index in [0.717, 1.165) is 21.5 Å². The van der Waals surface area contributed by atoms with Gasteiger partial charge in [0.2, 0.25) is 5.91 Å². The van der Waals surface area contributed by atoms with E-state index in [4.69, 9.17) is 0 Å². The first-order valence-electron chi connectivity index (χ1n) is 8.32. The molecule has 27 heavy (non-hydrogen) atoms. The van der Waals surface area contributed by atoms with Crippen LogP contribution in [0.3, 0.4) is 0 Å². The molecule has 0 aliphatic heterocycles. The molecule has 1 amide bonds. The fraction of sp³-hybridized carbons (Fsp3) is 0.200. The molecule has 140 valence electrons. The minimum absolute atomic E-state index is 0.0716. The van der Waals surface area contributed by atoms with Crippen molar-refractivity contribution in [2.75, 3.05) is 5.32 Å². The second kappa shape index (κ2) is 8.35. The van der Waals surface area contributed by atoms with E-state index < -0.39 is 11.9 Å². The van der Waals surface area contributed by atoms with Crippen LogP contribution in [0, 0.1) is 6.92 Å². The molecule has 0 aliphatic carbocycles. The number of rotatable bonds is 6. The first-order chi connectivity index (χ1) is 12.9. The van der Waals surface area contributed by atoms with Crippen LogP contribution in [0.1, 0.15) is 12.5 Å². The van der Waals surface area contributed by atoms with Gasteiger partial charge in [-0.15, -0.1) is 0 Å². The summed E-state index contributed by atoms with van der Waals surface area (Å²) in [6, 6.07) is 15.8. The van der Waals surface area contributed by atoms with Gasteiger partial charge in [0, 0.05) is 5.39 Å². The lowest BCUT2D eigenvalue weighted by Gasteiger charge is -2.15. The molecule has 1 N–H and O–H groups in total. The Balaban J connectivity index is 1.73. The average molecular weight is 388 g/mol. The summed E-state index contributed by atoms with van der Waals surface area (Å²) in [5.74, 6) is -0.393. The molecule has 3 rings (SSSR count). The average Bonchev–Trinajstić information content (AvgIpc) is 2.63. The van der Waals surface area contributed by atoms with Gasteiger partial charge in [-0.25, -0.2) is 4.98 Å². The van der Waals surface area contributed by atoms with E-state index in [1.54, 1.807) is 19.1 Å². The Bertz CT molecular complexity index is 966. The number of aryl methyl sites for hydroxylation is 1. The van der Waals surface area contributed by atoms with E-state index >= 15 is 0 Å². The highest BCUT2D eigenvalue weighted by Crippen LogP contribution is 2.29. The van der Waals surface area contributed by atoms with Crippen LogP contribution in [-0.2, 0) is 4.79 Å². The van der Waals surface area contributed by atoms with Crippen LogP contribution in [0.5, 0.6) is 5.75 Å². The number of fused-ring (bicyclic) bond motifs is 1. The number of ether oxygens (including phenoxy) is 1. The van der Waals surface area contributed by atoms with Crippen LogP contribution in [0.25, 0.3) is 10.9 Å². The molecule has 0 radical (unpaired) electrons. The zero-order valence-corrected chi connectivity index (χ0v) is 15.6. The smallest absolute Gasteiger partial charge is 0.387 e. The lowest BCUT2D eigenvalue weighted by atomic mass is 10.1. The number of hydrogen-bond donors (Lipinski definition) is 1. The lowest BCUT2D eigenvalue weighted by Crippen LogP contribution is -2.23. The van der Waals surface area contributed by atoms with Gasteiger partial charge in [0.25, 0.3) is 0 Å². The third-order valence-corrected chi connectivity index (χ3v) is 4.95. The van der Waals surface area contributed by atoms with Crippen LogP contribution < -0.4 is 10.1 Å². The topological polar surface area (TPSA) is 51.2 Å². The predicted octanol–water partition coefficient (Wildman–Crippen LogP) is 5.26. The molecule has 0 saturated heterocycles. The Labute approximate surface area is 159 Å². The van der Waals surface area contributed by atoms with E-state index in [0.29, 0.717) is 0 Å². The summed E-state index contributed by atoms with van der Waals surface area (Å²) in [5, 5.41) is 3.96. The highest BCUT2D eigenvalue weighted by molar-refractivity contribution is 8.00. The van der Waals surface area contributed by atoms with Crippen molar-refractivity contribution in [3.63, 3.8) is 0 Å². The standard InChI is InChI=1S/C20H18F2N2O2S/c1-12-11-18(23-15-8-4-3-7-14(12)15)27-13(2)19(25)24-16-9-5-6-10-17(16)26-20(21)22/h3-11,13,20H,1-2H3,(H,24,25). The molecule has 1 unspecified atom stereocenters. The van der Waals surface area contributed by atoms with Crippen molar-refractivity contribution < 1.29 is 18.3 Å². The molecule has 0 bridgehead atoms. The number of halogens is 2. The van der Waals surface area contributed by atoms with Crippen molar-refractivity contribution in [2.45, 2.75) is 30.7 Å². The normalized spacial score (nSPS) is 12.2. The number of benzene rings is 2. The Morgan fingerprint density at radius 1 is 1.15 bits per heavy atom. The molecular weight excluding hydrogens is 370 g/mol. The minimum Gasteiger partial charge on any atom is -0.433 e. The van der Waals surface area contributed by atoms with Crippen molar-refractivity contribution in [3.05, 3.63) is 60.2 Å². The molecular formula is C20H18F2N2O2S. The number of nitrogens with one attached hydrogen (secondary N) is 1. The Morgan fingerprint density at radius 2 is 1.85 bits per heavy atom. The van der Waals surface area contributed by atoms with Gasteiger partial charge in [0.05, 0.1) is 21.5 Å². The van der Waals surface area contributed by atoms with Crippen LogP contribution in [0.15, 0.2) is 59.6 Å². The van der Waals surface area contributed by atoms with E-state index in [2.05, 4.69) is 15.0 Å². The van der Waals surface area contributed by atoms with Gasteiger partial charge in [0.15, 0.2) is 0 Å². The number of aromatic nitrogens is 1. The summed E-state index contributed by atoms with van der Waals surface area (Å²) in [6.45, 7) is 0.777. The van der Waals surface area contributed by atoms with E-state index in [-0.39, 0.29) is 17.3 Å². The quantitative estimate of drug-likeness (QED) is 0.585. The fourth-order valence-corrected chi connectivity index (χ4v) is 3.54. The second-order valence-corrected chi connectivity index (χ2v) is 7.28. The molecule has 1 heterocycles. The number of anilines is 1. The number of carbonyl (C=O) groups is 1. The molecule has 7 heteroatoms. The summed E-state index contributed by atoms with van der Waals surface area (Å²) in [4.78, 5) is 17.1. The highest BCUT2D eigenvalue weighted by atomic mass is 32.2. The van der Waals surface area contributed by atoms with Crippen LogP contribution in [-0.4, -0.2) is 22.8 Å². The molecule has 4 nitrogen and oxygen atoms in total. The van der Waals surface area contributed by atoms with Gasteiger partial charge in [-0.2, -0.15) is 8.78 Å². The van der Waals surface area contributed by atoms with Crippen molar-refractivity contribution >= 4 is 34.3 Å². The summed E-state index contributed by atoms with van der Waals surface area (Å²) in [7, 11) is 0. The number of hydrogen-bond acceptors (Lipinski definition) is 4. The summed E-state index contributed by atoms with van der Waals surface area (Å²) < 4.78 is 29.4. The SMILES string of the molecule is Cc1cc(SC(C)C(=O)Nc2ccccc2OC(F)F)nc2ccccc12. The first kappa shape index (κ1) is 19.1. The van der Waals surface area contributed by atoms with Crippen LogP contribution >= 0.6 is 11.8 Å².